The van der Waals surface area contributed by atoms with E-state index < -0.39 is 17.6 Å². The van der Waals surface area contributed by atoms with Crippen molar-refractivity contribution < 1.29 is 18.7 Å². The van der Waals surface area contributed by atoms with Crippen LogP contribution < -0.4 is 5.32 Å². The maximum absolute atomic E-state index is 13.8. The highest BCUT2D eigenvalue weighted by Gasteiger charge is 2.17. The van der Waals surface area contributed by atoms with Crippen molar-refractivity contribution in [3.05, 3.63) is 57.0 Å². The molecule has 2 aromatic carbocycles. The molecule has 0 spiro atoms. The van der Waals surface area contributed by atoms with E-state index in [2.05, 4.69) is 21.2 Å². The van der Waals surface area contributed by atoms with Gasteiger partial charge in [0.25, 0.3) is 0 Å². The quantitative estimate of drug-likeness (QED) is 0.823. The van der Waals surface area contributed by atoms with Crippen molar-refractivity contribution in [1.82, 2.24) is 0 Å². The highest BCUT2D eigenvalue weighted by Crippen LogP contribution is 2.35. The molecule has 2 aromatic rings. The number of rotatable bonds is 3. The molecule has 2 N–H and O–H groups in total. The first-order valence-corrected chi connectivity index (χ1v) is 6.50. The summed E-state index contributed by atoms with van der Waals surface area (Å²) in [5.74, 6) is -2.61. The Hall–Kier alpha value is -1.66. The zero-order chi connectivity index (χ0) is 14.9. The molecule has 0 aliphatic heterocycles. The fourth-order valence-electron chi connectivity index (χ4n) is 1.62. The van der Waals surface area contributed by atoms with Crippen LogP contribution in [0.5, 0.6) is 0 Å². The van der Waals surface area contributed by atoms with Crippen LogP contribution in [-0.2, 0) is 0 Å². The first kappa shape index (κ1) is 14.7. The molecule has 0 radical (unpaired) electrons. The Bertz CT molecular complexity index is 671. The Morgan fingerprint density at radius 2 is 1.95 bits per heavy atom. The number of hydrogen-bond donors (Lipinski definition) is 2. The van der Waals surface area contributed by atoms with Gasteiger partial charge in [0.1, 0.15) is 11.6 Å². The molecule has 0 saturated heterocycles. The van der Waals surface area contributed by atoms with Gasteiger partial charge in [0.15, 0.2) is 0 Å². The molecule has 0 aliphatic rings. The summed E-state index contributed by atoms with van der Waals surface area (Å²) in [6.07, 6.45) is 0. The molecule has 3 nitrogen and oxygen atoms in total. The third-order valence-corrected chi connectivity index (χ3v) is 3.42. The highest BCUT2D eigenvalue weighted by atomic mass is 79.9. The Morgan fingerprint density at radius 3 is 2.55 bits per heavy atom. The number of para-hydroxylation sites is 1. The van der Waals surface area contributed by atoms with Crippen molar-refractivity contribution in [2.75, 3.05) is 5.32 Å². The number of anilines is 2. The average Bonchev–Trinajstić information content (AvgIpc) is 2.34. The molecule has 2 rings (SSSR count). The first-order valence-electron chi connectivity index (χ1n) is 5.33. The lowest BCUT2D eigenvalue weighted by Crippen LogP contribution is -2.05. The van der Waals surface area contributed by atoms with Gasteiger partial charge in [-0.2, -0.15) is 0 Å². The van der Waals surface area contributed by atoms with E-state index in [1.807, 2.05) is 0 Å². The van der Waals surface area contributed by atoms with Crippen molar-refractivity contribution in [2.45, 2.75) is 0 Å². The Kier molecular flexibility index (Phi) is 4.25. The van der Waals surface area contributed by atoms with Gasteiger partial charge in [0.2, 0.25) is 0 Å². The van der Waals surface area contributed by atoms with Crippen LogP contribution >= 0.6 is 27.5 Å². The van der Waals surface area contributed by atoms with Gasteiger partial charge >= 0.3 is 5.97 Å². The summed E-state index contributed by atoms with van der Waals surface area (Å²) >= 11 is 8.95. The van der Waals surface area contributed by atoms with Gasteiger partial charge in [-0.05, 0) is 40.2 Å². The molecule has 0 atom stereocenters. The summed E-state index contributed by atoms with van der Waals surface area (Å²) < 4.78 is 27.2. The number of carboxylic acid groups (broad SMARTS) is 1. The minimum atomic E-state index is -1.29. The van der Waals surface area contributed by atoms with Gasteiger partial charge in [0, 0.05) is 4.47 Å². The van der Waals surface area contributed by atoms with E-state index in [1.165, 1.54) is 12.1 Å². The maximum Gasteiger partial charge on any atom is 0.337 e. The van der Waals surface area contributed by atoms with Crippen molar-refractivity contribution in [3.63, 3.8) is 0 Å². The smallest absolute Gasteiger partial charge is 0.337 e. The van der Waals surface area contributed by atoms with Crippen molar-refractivity contribution in [2.24, 2.45) is 0 Å². The minimum Gasteiger partial charge on any atom is -0.478 e. The number of benzene rings is 2. The van der Waals surface area contributed by atoms with Crippen LogP contribution in [0, 0.1) is 11.6 Å². The lowest BCUT2D eigenvalue weighted by molar-refractivity contribution is 0.0697. The van der Waals surface area contributed by atoms with Gasteiger partial charge in [-0.1, -0.05) is 17.7 Å². The SMILES string of the molecule is O=C(O)c1cccc(F)c1Nc1c(Cl)cc(F)cc1Br. The predicted molar refractivity (Wildman–Crippen MR) is 75.8 cm³/mol. The molecule has 20 heavy (non-hydrogen) atoms. The Balaban J connectivity index is 2.53. The summed E-state index contributed by atoms with van der Waals surface area (Å²) in [4.78, 5) is 11.1. The van der Waals surface area contributed by atoms with E-state index in [9.17, 15) is 13.6 Å². The Morgan fingerprint density at radius 1 is 1.25 bits per heavy atom. The normalized spacial score (nSPS) is 10.4. The van der Waals surface area contributed by atoms with Crippen LogP contribution in [-0.4, -0.2) is 11.1 Å². The number of hydrogen-bond acceptors (Lipinski definition) is 2. The van der Waals surface area contributed by atoms with Gasteiger partial charge in [-0.15, -0.1) is 0 Å². The van der Waals surface area contributed by atoms with Gasteiger partial charge in [-0.3, -0.25) is 0 Å². The van der Waals surface area contributed by atoms with Crippen LogP contribution in [0.15, 0.2) is 34.8 Å². The zero-order valence-corrected chi connectivity index (χ0v) is 12.1. The second kappa shape index (κ2) is 5.76. The summed E-state index contributed by atoms with van der Waals surface area (Å²) in [5.41, 5.74) is -0.313. The van der Waals surface area contributed by atoms with Crippen molar-refractivity contribution in [1.29, 1.82) is 0 Å². The first-order chi connectivity index (χ1) is 9.40. The van der Waals surface area contributed by atoms with Gasteiger partial charge in [0.05, 0.1) is 22.0 Å². The van der Waals surface area contributed by atoms with Crippen molar-refractivity contribution in [3.8, 4) is 0 Å². The third-order valence-electron chi connectivity index (χ3n) is 2.50. The minimum absolute atomic E-state index is 0.00327. The molecular weight excluding hydrogens is 356 g/mol. The van der Waals surface area contributed by atoms with Crippen LogP contribution in [0.1, 0.15) is 10.4 Å². The molecule has 104 valence electrons. The molecule has 0 bridgehead atoms. The summed E-state index contributed by atoms with van der Waals surface area (Å²) in [7, 11) is 0. The van der Waals surface area contributed by atoms with Gasteiger partial charge in [-0.25, -0.2) is 13.6 Å². The second-order valence-corrected chi connectivity index (χ2v) is 5.10. The lowest BCUT2D eigenvalue weighted by Gasteiger charge is -2.13. The molecule has 0 heterocycles. The summed E-state index contributed by atoms with van der Waals surface area (Å²) in [6.45, 7) is 0. The molecule has 0 unspecified atom stereocenters. The largest absolute Gasteiger partial charge is 0.478 e. The van der Waals surface area contributed by atoms with Gasteiger partial charge < -0.3 is 10.4 Å². The van der Waals surface area contributed by atoms with E-state index in [1.54, 1.807) is 0 Å². The van der Waals surface area contributed by atoms with Crippen molar-refractivity contribution >= 4 is 44.9 Å². The number of halogens is 4. The van der Waals surface area contributed by atoms with E-state index >= 15 is 0 Å². The summed E-state index contributed by atoms with van der Waals surface area (Å²) in [5, 5.41) is 11.6. The number of aromatic carboxylic acids is 1. The highest BCUT2D eigenvalue weighted by molar-refractivity contribution is 9.10. The number of carboxylic acids is 1. The van der Waals surface area contributed by atoms with Crippen LogP contribution in [0.4, 0.5) is 20.2 Å². The lowest BCUT2D eigenvalue weighted by atomic mass is 10.1. The molecular formula is C13H7BrClF2NO2. The fourth-order valence-corrected chi connectivity index (χ4v) is 2.51. The van der Waals surface area contributed by atoms with E-state index in [0.717, 1.165) is 18.2 Å². The van der Waals surface area contributed by atoms with Crippen LogP contribution in [0.3, 0.4) is 0 Å². The monoisotopic (exact) mass is 361 g/mol. The standard InChI is InChI=1S/C13H7BrClF2NO2/c14-8-4-6(16)5-9(15)12(8)18-11-7(13(19)20)2-1-3-10(11)17/h1-5,18H,(H,19,20). The van der Waals surface area contributed by atoms with Crippen LogP contribution in [0.2, 0.25) is 5.02 Å². The third kappa shape index (κ3) is 2.91. The molecule has 0 fully saturated rings. The summed E-state index contributed by atoms with van der Waals surface area (Å²) in [6, 6.07) is 5.82. The molecule has 7 heteroatoms. The maximum atomic E-state index is 13.8. The fraction of sp³-hybridized carbons (Fsp3) is 0. The van der Waals surface area contributed by atoms with E-state index in [4.69, 9.17) is 16.7 Å². The predicted octanol–water partition coefficient (Wildman–Crippen LogP) is 4.82. The number of carbonyl (C=O) groups is 1. The topological polar surface area (TPSA) is 49.3 Å². The molecule has 0 aromatic heterocycles. The second-order valence-electron chi connectivity index (χ2n) is 3.84. The molecule has 0 saturated carbocycles. The molecule has 0 amide bonds. The zero-order valence-electron chi connectivity index (χ0n) is 9.75. The van der Waals surface area contributed by atoms with E-state index in [-0.39, 0.29) is 26.4 Å². The Labute approximate surface area is 126 Å². The number of nitrogens with one attached hydrogen (secondary N) is 1. The van der Waals surface area contributed by atoms with Crippen LogP contribution in [0.25, 0.3) is 0 Å². The van der Waals surface area contributed by atoms with E-state index in [0.29, 0.717) is 0 Å². The average molecular weight is 363 g/mol. The molecule has 0 aliphatic carbocycles.